The standard InChI is InChI=1S/C26H32O6S/c1-17(2)11-12-20-13-14-21(33-20)15-18(3)25(29)24-22(27)16-19(32-26(24)30)9-7-5-6-8-10-23(28)31-4/h6,8,13-17,27H,5,7,9-12H2,1-4H3/b8-6+,18-15?. The van der Waals surface area contributed by atoms with E-state index in [-0.39, 0.29) is 23.7 Å². The van der Waals surface area contributed by atoms with Crippen LogP contribution in [0.25, 0.3) is 6.08 Å². The minimum absolute atomic E-state index is 0.209. The summed E-state index contributed by atoms with van der Waals surface area (Å²) in [4.78, 5) is 38.5. The highest BCUT2D eigenvalue weighted by molar-refractivity contribution is 7.12. The van der Waals surface area contributed by atoms with Crippen LogP contribution in [0, 0.1) is 5.92 Å². The molecular weight excluding hydrogens is 440 g/mol. The van der Waals surface area contributed by atoms with Crippen molar-refractivity contribution in [3.63, 3.8) is 0 Å². The number of aryl methyl sites for hydroxylation is 2. The number of hydrogen-bond donors (Lipinski definition) is 1. The molecule has 0 atom stereocenters. The molecule has 6 nitrogen and oxygen atoms in total. The average molecular weight is 473 g/mol. The molecule has 7 heteroatoms. The number of esters is 1. The maximum absolute atomic E-state index is 12.8. The molecule has 0 radical (unpaired) electrons. The molecule has 178 valence electrons. The van der Waals surface area contributed by atoms with Crippen molar-refractivity contribution in [2.75, 3.05) is 7.11 Å². The zero-order chi connectivity index (χ0) is 24.4. The summed E-state index contributed by atoms with van der Waals surface area (Å²) in [5.41, 5.74) is -0.826. The minimum Gasteiger partial charge on any atom is -0.507 e. The smallest absolute Gasteiger partial charge is 0.351 e. The Morgan fingerprint density at radius 3 is 2.64 bits per heavy atom. The first kappa shape index (κ1) is 26.3. The van der Waals surface area contributed by atoms with Crippen LogP contribution in [0.3, 0.4) is 0 Å². The molecule has 0 amide bonds. The van der Waals surface area contributed by atoms with Crippen molar-refractivity contribution < 1.29 is 23.8 Å². The van der Waals surface area contributed by atoms with Crippen molar-refractivity contribution in [1.29, 1.82) is 0 Å². The Balaban J connectivity index is 2.02. The second-order valence-corrected chi connectivity index (χ2v) is 9.50. The van der Waals surface area contributed by atoms with Gasteiger partial charge in [-0.3, -0.25) is 9.59 Å². The van der Waals surface area contributed by atoms with Crippen LogP contribution in [0.15, 0.2) is 45.1 Å². The molecule has 0 fully saturated rings. The van der Waals surface area contributed by atoms with Gasteiger partial charge in [0.2, 0.25) is 0 Å². The van der Waals surface area contributed by atoms with E-state index in [1.165, 1.54) is 18.1 Å². The van der Waals surface area contributed by atoms with Gasteiger partial charge in [-0.1, -0.05) is 26.0 Å². The van der Waals surface area contributed by atoms with Crippen LogP contribution < -0.4 is 5.63 Å². The summed E-state index contributed by atoms with van der Waals surface area (Å²) in [6.45, 7) is 6.00. The quantitative estimate of drug-likeness (QED) is 0.140. The van der Waals surface area contributed by atoms with Gasteiger partial charge < -0.3 is 14.3 Å². The summed E-state index contributed by atoms with van der Waals surface area (Å²) < 4.78 is 9.82. The highest BCUT2D eigenvalue weighted by Gasteiger charge is 2.20. The van der Waals surface area contributed by atoms with Gasteiger partial charge >= 0.3 is 11.6 Å². The highest BCUT2D eigenvalue weighted by atomic mass is 32.1. The first-order valence-corrected chi connectivity index (χ1v) is 11.9. The maximum atomic E-state index is 12.8. The number of methoxy groups -OCH3 is 1. The second kappa shape index (κ2) is 12.9. The Labute approximate surface area is 198 Å². The van der Waals surface area contributed by atoms with Crippen LogP contribution in [-0.4, -0.2) is 24.0 Å². The zero-order valence-corrected chi connectivity index (χ0v) is 20.5. The van der Waals surface area contributed by atoms with E-state index in [0.717, 1.165) is 17.7 Å². The van der Waals surface area contributed by atoms with Crippen LogP contribution in [0.4, 0.5) is 0 Å². The highest BCUT2D eigenvalue weighted by Crippen LogP contribution is 2.24. The fraction of sp³-hybridized carbons (Fsp3) is 0.423. The fourth-order valence-electron chi connectivity index (χ4n) is 3.15. The maximum Gasteiger partial charge on any atom is 0.351 e. The van der Waals surface area contributed by atoms with E-state index >= 15 is 0 Å². The minimum atomic E-state index is -0.840. The van der Waals surface area contributed by atoms with E-state index < -0.39 is 11.4 Å². The normalized spacial score (nSPS) is 12.0. The Bertz CT molecular complexity index is 1070. The van der Waals surface area contributed by atoms with Crippen molar-refractivity contribution in [1.82, 2.24) is 0 Å². The molecule has 0 unspecified atom stereocenters. The van der Waals surface area contributed by atoms with E-state index in [4.69, 9.17) is 4.42 Å². The molecule has 0 spiro atoms. The monoisotopic (exact) mass is 472 g/mol. The first-order valence-electron chi connectivity index (χ1n) is 11.1. The Hall–Kier alpha value is -2.93. The van der Waals surface area contributed by atoms with Crippen LogP contribution >= 0.6 is 11.3 Å². The zero-order valence-electron chi connectivity index (χ0n) is 19.7. The van der Waals surface area contributed by atoms with Gasteiger partial charge in [-0.05, 0) is 62.3 Å². The summed E-state index contributed by atoms with van der Waals surface area (Å²) in [6.07, 6.45) is 9.36. The summed E-state index contributed by atoms with van der Waals surface area (Å²) in [7, 11) is 1.34. The second-order valence-electron chi connectivity index (χ2n) is 8.30. The van der Waals surface area contributed by atoms with Gasteiger partial charge in [0.15, 0.2) is 5.78 Å². The number of aromatic hydroxyl groups is 1. The van der Waals surface area contributed by atoms with Crippen LogP contribution in [0.5, 0.6) is 5.75 Å². The topological polar surface area (TPSA) is 93.8 Å². The number of rotatable bonds is 12. The summed E-state index contributed by atoms with van der Waals surface area (Å²) in [5, 5.41) is 10.3. The summed E-state index contributed by atoms with van der Waals surface area (Å²) in [6, 6.07) is 5.35. The van der Waals surface area contributed by atoms with E-state index in [0.29, 0.717) is 36.5 Å². The molecule has 0 saturated carbocycles. The molecule has 0 aromatic carbocycles. The van der Waals surface area contributed by atoms with Gasteiger partial charge in [0.05, 0.1) is 13.5 Å². The van der Waals surface area contributed by atoms with Gasteiger partial charge in [0.25, 0.3) is 0 Å². The van der Waals surface area contributed by atoms with Crippen LogP contribution in [0.2, 0.25) is 0 Å². The van der Waals surface area contributed by atoms with Crippen molar-refractivity contribution in [3.8, 4) is 5.75 Å². The molecule has 0 bridgehead atoms. The first-order chi connectivity index (χ1) is 15.7. The Morgan fingerprint density at radius 2 is 1.97 bits per heavy atom. The van der Waals surface area contributed by atoms with Crippen LogP contribution in [0.1, 0.15) is 72.3 Å². The van der Waals surface area contributed by atoms with E-state index in [9.17, 15) is 19.5 Å². The predicted molar refractivity (Wildman–Crippen MR) is 131 cm³/mol. The van der Waals surface area contributed by atoms with Gasteiger partial charge in [0, 0.05) is 22.2 Å². The third kappa shape index (κ3) is 8.50. The van der Waals surface area contributed by atoms with Gasteiger partial charge in [-0.25, -0.2) is 4.79 Å². The lowest BCUT2D eigenvalue weighted by atomic mass is 10.0. The van der Waals surface area contributed by atoms with Gasteiger partial charge in [0.1, 0.15) is 17.1 Å². The molecule has 0 aliphatic heterocycles. The summed E-state index contributed by atoms with van der Waals surface area (Å²) in [5.74, 6) is -0.287. The number of ketones is 1. The largest absolute Gasteiger partial charge is 0.507 e. The van der Waals surface area contributed by atoms with Gasteiger partial charge in [-0.2, -0.15) is 0 Å². The van der Waals surface area contributed by atoms with E-state index in [1.807, 2.05) is 12.1 Å². The Kier molecular flexibility index (Phi) is 10.3. The third-order valence-corrected chi connectivity index (χ3v) is 6.14. The number of thiophene rings is 1. The van der Waals surface area contributed by atoms with Crippen molar-refractivity contribution in [2.24, 2.45) is 5.92 Å². The van der Waals surface area contributed by atoms with Crippen molar-refractivity contribution in [3.05, 3.63) is 67.4 Å². The lowest BCUT2D eigenvalue weighted by Crippen LogP contribution is -2.16. The van der Waals surface area contributed by atoms with Crippen molar-refractivity contribution in [2.45, 2.75) is 59.3 Å². The lowest BCUT2D eigenvalue weighted by molar-refractivity contribution is -0.139. The molecular formula is C26H32O6S. The molecule has 1 N–H and O–H groups in total. The predicted octanol–water partition coefficient (Wildman–Crippen LogP) is 5.72. The lowest BCUT2D eigenvalue weighted by Gasteiger charge is -2.05. The number of ether oxygens (including phenoxy) is 1. The van der Waals surface area contributed by atoms with E-state index in [2.05, 4.69) is 24.7 Å². The number of carbonyl (C=O) groups excluding carboxylic acids is 2. The Morgan fingerprint density at radius 1 is 1.21 bits per heavy atom. The number of Topliss-reactive ketones (excluding diaryl/α,β-unsaturated/α-hetero) is 1. The summed E-state index contributed by atoms with van der Waals surface area (Å²) >= 11 is 1.62. The number of allylic oxidation sites excluding steroid dienone is 2. The molecule has 2 heterocycles. The van der Waals surface area contributed by atoms with Gasteiger partial charge in [-0.15, -0.1) is 11.3 Å². The molecule has 0 aliphatic carbocycles. The molecule has 2 aromatic heterocycles. The molecule has 2 aromatic rings. The van der Waals surface area contributed by atoms with Crippen LogP contribution in [-0.2, 0) is 22.4 Å². The van der Waals surface area contributed by atoms with Crippen molar-refractivity contribution >= 4 is 29.2 Å². The molecule has 0 aliphatic rings. The average Bonchev–Trinajstić information content (AvgIpc) is 3.21. The number of hydrogen-bond acceptors (Lipinski definition) is 7. The fourth-order valence-corrected chi connectivity index (χ4v) is 4.18. The SMILES string of the molecule is COC(=O)C/C=C/CCCc1cc(O)c(C(=O)C(C)=Cc2ccc(CCC(C)C)s2)c(=O)o1. The van der Waals surface area contributed by atoms with E-state index in [1.54, 1.807) is 30.4 Å². The number of carbonyl (C=O) groups is 2. The molecule has 0 saturated heterocycles. The third-order valence-electron chi connectivity index (χ3n) is 5.05. The molecule has 2 rings (SSSR count). The molecule has 33 heavy (non-hydrogen) atoms. The number of unbranched alkanes of at least 4 members (excludes halogenated alkanes) is 1.